The third-order valence-corrected chi connectivity index (χ3v) is 7.46. The molecule has 2 aliphatic heterocycles. The minimum absolute atomic E-state index is 0.0544. The third kappa shape index (κ3) is 4.54. The Kier molecular flexibility index (Phi) is 5.65. The number of H-pyrrole nitrogens is 1. The molecule has 1 saturated heterocycles. The fourth-order valence-electron chi connectivity index (χ4n) is 5.34. The van der Waals surface area contributed by atoms with Crippen LogP contribution in [0.3, 0.4) is 0 Å². The predicted octanol–water partition coefficient (Wildman–Crippen LogP) is 4.61. The molecule has 1 aliphatic carbocycles. The molecule has 2 aromatic rings. The smallest absolute Gasteiger partial charge is 0.291 e. The van der Waals surface area contributed by atoms with Crippen LogP contribution in [0.5, 0.6) is 0 Å². The van der Waals surface area contributed by atoms with Crippen molar-refractivity contribution in [3.05, 3.63) is 53.4 Å². The monoisotopic (exact) mass is 473 g/mol. The van der Waals surface area contributed by atoms with Crippen LogP contribution < -0.4 is 5.32 Å². The number of rotatable bonds is 5. The second-order valence-corrected chi connectivity index (χ2v) is 11.0. The van der Waals surface area contributed by atoms with E-state index in [0.717, 1.165) is 61.1 Å². The molecule has 0 radical (unpaired) electrons. The number of nitrogens with zero attached hydrogens (tertiary/aromatic N) is 3. The molecule has 3 N–H and O–H groups in total. The summed E-state index contributed by atoms with van der Waals surface area (Å²) in [7, 11) is 0. The summed E-state index contributed by atoms with van der Waals surface area (Å²) >= 11 is 0. The summed E-state index contributed by atoms with van der Waals surface area (Å²) in [5, 5.41) is 22.0. The molecule has 8 nitrogen and oxygen atoms in total. The van der Waals surface area contributed by atoms with E-state index < -0.39 is 11.5 Å². The Hall–Kier alpha value is -3.28. The quantitative estimate of drug-likeness (QED) is 0.583. The van der Waals surface area contributed by atoms with E-state index in [1.54, 1.807) is 0 Å². The number of hydrogen-bond donors (Lipinski definition) is 3. The highest BCUT2D eigenvalue weighted by Crippen LogP contribution is 2.49. The number of ether oxygens (including phenoxy) is 1. The van der Waals surface area contributed by atoms with Gasteiger partial charge in [0, 0.05) is 6.42 Å². The summed E-state index contributed by atoms with van der Waals surface area (Å²) in [6.07, 6.45) is 10.8. The molecule has 8 heteroatoms. The highest BCUT2D eigenvalue weighted by molar-refractivity contribution is 6.03. The van der Waals surface area contributed by atoms with Crippen LogP contribution in [-0.2, 0) is 4.74 Å². The number of anilines is 1. The number of nitrogens with one attached hydrogen (secondary N) is 2. The summed E-state index contributed by atoms with van der Waals surface area (Å²) in [4.78, 5) is 24.7. The molecule has 4 heterocycles. The van der Waals surface area contributed by atoms with Gasteiger partial charge in [-0.1, -0.05) is 19.9 Å². The molecular weight excluding hydrogens is 442 g/mol. The van der Waals surface area contributed by atoms with Gasteiger partial charge in [-0.2, -0.15) is 5.26 Å². The van der Waals surface area contributed by atoms with Crippen molar-refractivity contribution in [2.45, 2.75) is 70.5 Å². The van der Waals surface area contributed by atoms with Crippen molar-refractivity contribution < 1.29 is 14.6 Å². The second kappa shape index (κ2) is 8.43. The number of allylic oxidation sites excluding steroid dienone is 2. The van der Waals surface area contributed by atoms with Gasteiger partial charge < -0.3 is 20.1 Å². The molecule has 3 aliphatic rings. The maximum absolute atomic E-state index is 12.9. The highest BCUT2D eigenvalue weighted by atomic mass is 16.5. The zero-order valence-corrected chi connectivity index (χ0v) is 20.4. The van der Waals surface area contributed by atoms with Crippen molar-refractivity contribution in [2.24, 2.45) is 5.41 Å². The zero-order chi connectivity index (χ0) is 24.8. The van der Waals surface area contributed by atoms with Crippen LogP contribution in [0, 0.1) is 16.7 Å². The number of hydrogen-bond acceptors (Lipinski definition) is 6. The van der Waals surface area contributed by atoms with Crippen LogP contribution in [0.15, 0.2) is 30.5 Å². The number of fused-ring (bicyclic) bond motifs is 2. The number of aliphatic hydroxyl groups excluding tert-OH is 1. The van der Waals surface area contributed by atoms with E-state index in [2.05, 4.69) is 42.1 Å². The lowest BCUT2D eigenvalue weighted by Crippen LogP contribution is -2.39. The number of amides is 1. The first-order valence-electron chi connectivity index (χ1n) is 12.1. The average Bonchev–Trinajstić information content (AvgIpc) is 3.41. The molecule has 2 aromatic heterocycles. The van der Waals surface area contributed by atoms with Gasteiger partial charge >= 0.3 is 0 Å². The van der Waals surface area contributed by atoms with Crippen LogP contribution in [0.25, 0.3) is 11.1 Å². The normalized spacial score (nSPS) is 27.1. The van der Waals surface area contributed by atoms with Crippen molar-refractivity contribution in [1.82, 2.24) is 15.0 Å². The van der Waals surface area contributed by atoms with Gasteiger partial charge in [0.15, 0.2) is 5.82 Å². The van der Waals surface area contributed by atoms with Gasteiger partial charge in [0.2, 0.25) is 0 Å². The van der Waals surface area contributed by atoms with Gasteiger partial charge in [-0.15, -0.1) is 0 Å². The Balaban J connectivity index is 1.52. The van der Waals surface area contributed by atoms with E-state index in [-0.39, 0.29) is 29.1 Å². The predicted molar refractivity (Wildman–Crippen MR) is 132 cm³/mol. The van der Waals surface area contributed by atoms with E-state index in [4.69, 9.17) is 15.0 Å². The molecule has 35 heavy (non-hydrogen) atoms. The van der Waals surface area contributed by atoms with Crippen molar-refractivity contribution in [2.75, 3.05) is 11.9 Å². The number of aromatic amines is 1. The van der Waals surface area contributed by atoms with Gasteiger partial charge in [0.05, 0.1) is 35.5 Å². The molecule has 1 fully saturated rings. The standard InChI is InChI=1S/C27H31N5O3/c1-25(2)8-6-17(7-9-25)22-21(32-24(34)23-29-15-19(14-28)30-23)5-4-20(31-22)18-12-26(3)10-11-27(13-18,16-33)35-26/h4-6,13,15,33H,7-12,16H2,1-3H3,(H,29,30)(H,32,34). The highest BCUT2D eigenvalue weighted by Gasteiger charge is 2.49. The first kappa shape index (κ1) is 23.5. The second-order valence-electron chi connectivity index (χ2n) is 11.0. The van der Waals surface area contributed by atoms with E-state index in [1.165, 1.54) is 6.20 Å². The van der Waals surface area contributed by atoms with Crippen molar-refractivity contribution >= 4 is 22.7 Å². The minimum atomic E-state index is -0.650. The largest absolute Gasteiger partial charge is 0.393 e. The molecule has 5 rings (SSSR count). The number of pyridine rings is 1. The van der Waals surface area contributed by atoms with Crippen LogP contribution in [-0.4, -0.2) is 43.8 Å². The summed E-state index contributed by atoms with van der Waals surface area (Å²) in [6, 6.07) is 5.75. The van der Waals surface area contributed by atoms with Gasteiger partial charge in [-0.05, 0) is 73.8 Å². The molecule has 1 amide bonds. The number of aliphatic hydroxyl groups is 1. The van der Waals surface area contributed by atoms with Crippen molar-refractivity contribution in [1.29, 1.82) is 5.26 Å². The molecule has 2 atom stereocenters. The lowest BCUT2D eigenvalue weighted by molar-refractivity contribution is -0.0946. The Labute approximate surface area is 205 Å². The lowest BCUT2D eigenvalue weighted by Gasteiger charge is -2.36. The molecule has 2 bridgehead atoms. The van der Waals surface area contributed by atoms with Gasteiger partial charge in [-0.25, -0.2) is 9.97 Å². The lowest BCUT2D eigenvalue weighted by atomic mass is 9.77. The fraction of sp³-hybridized carbons (Fsp3) is 0.481. The maximum atomic E-state index is 12.9. The fourth-order valence-corrected chi connectivity index (χ4v) is 5.34. The summed E-state index contributed by atoms with van der Waals surface area (Å²) in [6.45, 7) is 6.56. The van der Waals surface area contributed by atoms with E-state index in [0.29, 0.717) is 5.69 Å². The van der Waals surface area contributed by atoms with E-state index in [1.807, 2.05) is 24.3 Å². The van der Waals surface area contributed by atoms with Crippen LogP contribution in [0.2, 0.25) is 0 Å². The van der Waals surface area contributed by atoms with Crippen LogP contribution in [0.1, 0.15) is 87.0 Å². The Morgan fingerprint density at radius 2 is 2.09 bits per heavy atom. The van der Waals surface area contributed by atoms with Crippen LogP contribution >= 0.6 is 0 Å². The number of imidazole rings is 1. The first-order chi connectivity index (χ1) is 16.6. The SMILES string of the molecule is CC1(C)CC=C(c2nc(C3=CC4(CO)CCC(C)(C3)O4)ccc2NC(=O)c2ncc(C#N)[nH]2)CC1. The number of nitriles is 1. The Morgan fingerprint density at radius 3 is 2.77 bits per heavy atom. The topological polar surface area (TPSA) is 124 Å². The molecule has 0 spiro atoms. The minimum Gasteiger partial charge on any atom is -0.393 e. The van der Waals surface area contributed by atoms with Gasteiger partial charge in [0.25, 0.3) is 5.91 Å². The molecule has 182 valence electrons. The van der Waals surface area contributed by atoms with Gasteiger partial charge in [0.1, 0.15) is 17.4 Å². The zero-order valence-electron chi connectivity index (χ0n) is 20.4. The number of carbonyl (C=O) groups excluding carboxylic acids is 1. The summed E-state index contributed by atoms with van der Waals surface area (Å²) in [5.41, 5.74) is 3.87. The maximum Gasteiger partial charge on any atom is 0.291 e. The van der Waals surface area contributed by atoms with E-state index >= 15 is 0 Å². The van der Waals surface area contributed by atoms with Crippen LogP contribution in [0.4, 0.5) is 5.69 Å². The third-order valence-electron chi connectivity index (χ3n) is 7.46. The number of carbonyl (C=O) groups is 1. The van der Waals surface area contributed by atoms with Gasteiger partial charge in [-0.3, -0.25) is 4.79 Å². The Morgan fingerprint density at radius 1 is 1.26 bits per heavy atom. The number of aromatic nitrogens is 3. The summed E-state index contributed by atoms with van der Waals surface area (Å²) in [5.74, 6) is -0.342. The van der Waals surface area contributed by atoms with E-state index in [9.17, 15) is 9.90 Å². The first-order valence-corrected chi connectivity index (χ1v) is 12.1. The molecule has 0 saturated carbocycles. The molecular formula is C27H31N5O3. The average molecular weight is 474 g/mol. The summed E-state index contributed by atoms with van der Waals surface area (Å²) < 4.78 is 6.22. The molecule has 0 aromatic carbocycles. The van der Waals surface area contributed by atoms with Crippen molar-refractivity contribution in [3.63, 3.8) is 0 Å². The Bertz CT molecular complexity index is 1280. The molecule has 2 unspecified atom stereocenters. The van der Waals surface area contributed by atoms with Crippen molar-refractivity contribution in [3.8, 4) is 6.07 Å².